The Hall–Kier alpha value is -0.620. The van der Waals surface area contributed by atoms with Gasteiger partial charge in [0.1, 0.15) is 0 Å². The maximum absolute atomic E-state index is 12.9. The number of ether oxygens (including phenoxy) is 1. The lowest BCUT2D eigenvalue weighted by Gasteiger charge is -2.31. The Bertz CT molecular complexity index is 610. The van der Waals surface area contributed by atoms with Crippen LogP contribution in [0.5, 0.6) is 0 Å². The molecule has 0 amide bonds. The lowest BCUT2D eigenvalue weighted by Crippen LogP contribution is -2.40. The summed E-state index contributed by atoms with van der Waals surface area (Å²) in [5, 5.41) is 0. The molecule has 2 rings (SSSR count). The maximum Gasteiger partial charge on any atom is 0.243 e. The lowest BCUT2D eigenvalue weighted by molar-refractivity contribution is 0.0632. The number of alkyl halides is 1. The summed E-state index contributed by atoms with van der Waals surface area (Å²) in [5.41, 5.74) is 2.65. The molecular weight excluding hydrogens is 310 g/mol. The van der Waals surface area contributed by atoms with Crippen LogP contribution in [0, 0.1) is 13.8 Å². The van der Waals surface area contributed by atoms with Crippen molar-refractivity contribution in [2.75, 3.05) is 20.3 Å². The highest BCUT2D eigenvalue weighted by Gasteiger charge is 2.30. The van der Waals surface area contributed by atoms with E-state index in [0.29, 0.717) is 24.0 Å². The molecule has 1 aromatic carbocycles. The summed E-state index contributed by atoms with van der Waals surface area (Å²) in [6.07, 6.45) is 1.48. The van der Waals surface area contributed by atoms with Crippen molar-refractivity contribution in [1.29, 1.82) is 0 Å². The van der Waals surface area contributed by atoms with Crippen molar-refractivity contribution in [3.05, 3.63) is 28.8 Å². The molecule has 0 bridgehead atoms. The van der Waals surface area contributed by atoms with Gasteiger partial charge < -0.3 is 4.74 Å². The largest absolute Gasteiger partial charge is 0.381 e. The second kappa shape index (κ2) is 6.65. The second-order valence-corrected chi connectivity index (χ2v) is 7.78. The molecule has 118 valence electrons. The summed E-state index contributed by atoms with van der Waals surface area (Å²) in [6.45, 7) is 5.01. The van der Waals surface area contributed by atoms with Gasteiger partial charge in [0.2, 0.25) is 10.0 Å². The molecule has 1 aromatic rings. The van der Waals surface area contributed by atoms with Gasteiger partial charge in [-0.05, 0) is 49.4 Å². The summed E-state index contributed by atoms with van der Waals surface area (Å²) in [7, 11) is -1.84. The Balaban J connectivity index is 2.38. The molecule has 0 unspecified atom stereocenters. The molecule has 0 aliphatic carbocycles. The number of aryl methyl sites for hydroxylation is 2. The van der Waals surface area contributed by atoms with E-state index in [0.717, 1.165) is 29.5 Å². The second-order valence-electron chi connectivity index (χ2n) is 5.54. The van der Waals surface area contributed by atoms with Crippen molar-refractivity contribution in [3.8, 4) is 0 Å². The molecule has 1 fully saturated rings. The molecule has 0 radical (unpaired) electrons. The van der Waals surface area contributed by atoms with Crippen LogP contribution < -0.4 is 0 Å². The van der Waals surface area contributed by atoms with Gasteiger partial charge in [0.15, 0.2) is 0 Å². The number of nitrogens with zero attached hydrogens (tertiary/aromatic N) is 1. The maximum atomic E-state index is 12.9. The van der Waals surface area contributed by atoms with Crippen molar-refractivity contribution in [2.24, 2.45) is 0 Å². The van der Waals surface area contributed by atoms with E-state index >= 15 is 0 Å². The third-order valence-electron chi connectivity index (χ3n) is 4.14. The molecule has 0 N–H and O–H groups in total. The Morgan fingerprint density at radius 3 is 2.43 bits per heavy atom. The van der Waals surface area contributed by atoms with Crippen LogP contribution in [0.3, 0.4) is 0 Å². The van der Waals surface area contributed by atoms with Gasteiger partial charge in [0, 0.05) is 32.2 Å². The normalized spacial score (nSPS) is 17.4. The molecule has 1 aliphatic heterocycles. The number of hydrogen-bond donors (Lipinski definition) is 0. The Labute approximate surface area is 132 Å². The quantitative estimate of drug-likeness (QED) is 0.797. The van der Waals surface area contributed by atoms with E-state index in [1.54, 1.807) is 13.1 Å². The highest BCUT2D eigenvalue weighted by atomic mass is 35.5. The van der Waals surface area contributed by atoms with E-state index in [4.69, 9.17) is 16.3 Å². The third-order valence-corrected chi connectivity index (χ3v) is 6.48. The minimum atomic E-state index is -3.50. The summed E-state index contributed by atoms with van der Waals surface area (Å²) in [4.78, 5) is 0.359. The average molecular weight is 332 g/mol. The first-order valence-electron chi connectivity index (χ1n) is 7.09. The van der Waals surface area contributed by atoms with Gasteiger partial charge in [-0.25, -0.2) is 8.42 Å². The molecule has 0 atom stereocenters. The number of halogens is 1. The van der Waals surface area contributed by atoms with Crippen LogP contribution in [0.4, 0.5) is 0 Å². The van der Waals surface area contributed by atoms with Crippen molar-refractivity contribution in [1.82, 2.24) is 4.31 Å². The van der Waals surface area contributed by atoms with Crippen molar-refractivity contribution in [3.63, 3.8) is 0 Å². The first-order valence-corrected chi connectivity index (χ1v) is 9.07. The van der Waals surface area contributed by atoms with Gasteiger partial charge >= 0.3 is 0 Å². The SMILES string of the molecule is Cc1cc(C)c(S(=O)(=O)N(C)C2CCOCC2)cc1CCl. The zero-order chi connectivity index (χ0) is 15.6. The fourth-order valence-corrected chi connectivity index (χ4v) is 4.66. The lowest BCUT2D eigenvalue weighted by atomic mass is 10.1. The fraction of sp³-hybridized carbons (Fsp3) is 0.600. The average Bonchev–Trinajstić information content (AvgIpc) is 2.47. The first-order chi connectivity index (χ1) is 9.87. The molecule has 1 aliphatic rings. The van der Waals surface area contributed by atoms with E-state index in [1.165, 1.54) is 4.31 Å². The predicted octanol–water partition coefficient (Wildman–Crippen LogP) is 2.84. The van der Waals surface area contributed by atoms with E-state index in [1.807, 2.05) is 19.9 Å². The number of rotatable bonds is 4. The summed E-state index contributed by atoms with van der Waals surface area (Å²) < 4.78 is 32.5. The van der Waals surface area contributed by atoms with E-state index in [9.17, 15) is 8.42 Å². The van der Waals surface area contributed by atoms with E-state index < -0.39 is 10.0 Å². The van der Waals surface area contributed by atoms with E-state index in [2.05, 4.69) is 0 Å². The first kappa shape index (κ1) is 16.7. The Kier molecular flexibility index (Phi) is 5.30. The van der Waals surface area contributed by atoms with Crippen LogP contribution in [-0.2, 0) is 20.6 Å². The highest BCUT2D eigenvalue weighted by Crippen LogP contribution is 2.27. The third kappa shape index (κ3) is 3.42. The summed E-state index contributed by atoms with van der Waals surface area (Å²) in [5.74, 6) is 0.315. The van der Waals surface area contributed by atoms with Gasteiger partial charge in [-0.1, -0.05) is 6.07 Å². The number of sulfonamides is 1. The van der Waals surface area contributed by atoms with Crippen molar-refractivity contribution in [2.45, 2.75) is 43.5 Å². The predicted molar refractivity (Wildman–Crippen MR) is 84.3 cm³/mol. The Morgan fingerprint density at radius 1 is 1.24 bits per heavy atom. The van der Waals surface area contributed by atoms with Crippen molar-refractivity contribution >= 4 is 21.6 Å². The van der Waals surface area contributed by atoms with Crippen LogP contribution in [0.15, 0.2) is 17.0 Å². The zero-order valence-electron chi connectivity index (χ0n) is 12.7. The monoisotopic (exact) mass is 331 g/mol. The van der Waals surface area contributed by atoms with Gasteiger partial charge in [-0.3, -0.25) is 0 Å². The van der Waals surface area contributed by atoms with Crippen LogP contribution in [0.2, 0.25) is 0 Å². The molecule has 0 aromatic heterocycles. The summed E-state index contributed by atoms with van der Waals surface area (Å²) >= 11 is 5.91. The minimum Gasteiger partial charge on any atom is -0.381 e. The van der Waals surface area contributed by atoms with E-state index in [-0.39, 0.29) is 6.04 Å². The van der Waals surface area contributed by atoms with Gasteiger partial charge in [0.25, 0.3) is 0 Å². The van der Waals surface area contributed by atoms with Crippen LogP contribution in [-0.4, -0.2) is 39.0 Å². The molecule has 6 heteroatoms. The minimum absolute atomic E-state index is 0.00362. The number of hydrogen-bond acceptors (Lipinski definition) is 3. The summed E-state index contributed by atoms with van der Waals surface area (Å²) in [6, 6.07) is 3.61. The van der Waals surface area contributed by atoms with Crippen LogP contribution >= 0.6 is 11.6 Å². The Morgan fingerprint density at radius 2 is 1.86 bits per heavy atom. The van der Waals surface area contributed by atoms with Gasteiger partial charge in [0.05, 0.1) is 4.90 Å². The molecule has 1 heterocycles. The zero-order valence-corrected chi connectivity index (χ0v) is 14.3. The molecule has 1 saturated heterocycles. The fourth-order valence-electron chi connectivity index (χ4n) is 2.70. The molecular formula is C15H22ClNO3S. The van der Waals surface area contributed by atoms with Gasteiger partial charge in [-0.2, -0.15) is 4.31 Å². The molecule has 4 nitrogen and oxygen atoms in total. The molecule has 0 spiro atoms. The highest BCUT2D eigenvalue weighted by molar-refractivity contribution is 7.89. The molecule has 0 saturated carbocycles. The smallest absolute Gasteiger partial charge is 0.243 e. The van der Waals surface area contributed by atoms with Crippen LogP contribution in [0.1, 0.15) is 29.5 Å². The topological polar surface area (TPSA) is 46.6 Å². The van der Waals surface area contributed by atoms with Crippen LogP contribution in [0.25, 0.3) is 0 Å². The van der Waals surface area contributed by atoms with Crippen molar-refractivity contribution < 1.29 is 13.2 Å². The molecule has 21 heavy (non-hydrogen) atoms. The number of benzene rings is 1. The standard InChI is InChI=1S/C15H22ClNO3S/c1-11-8-12(2)15(9-13(11)10-16)21(18,19)17(3)14-4-6-20-7-5-14/h8-9,14H,4-7,10H2,1-3H3. The van der Waals surface area contributed by atoms with Gasteiger partial charge in [-0.15, -0.1) is 11.6 Å².